The number of rotatable bonds is 5. The summed E-state index contributed by atoms with van der Waals surface area (Å²) < 4.78 is 1.86. The van der Waals surface area contributed by atoms with E-state index in [0.29, 0.717) is 18.0 Å². The molecule has 0 aliphatic rings. The van der Waals surface area contributed by atoms with E-state index in [2.05, 4.69) is 21.9 Å². The first-order valence-corrected chi connectivity index (χ1v) is 7.37. The van der Waals surface area contributed by atoms with E-state index in [1.165, 1.54) is 6.33 Å². The van der Waals surface area contributed by atoms with E-state index in [9.17, 15) is 4.79 Å². The van der Waals surface area contributed by atoms with Gasteiger partial charge in [0.05, 0.1) is 11.4 Å². The van der Waals surface area contributed by atoms with Crippen molar-refractivity contribution in [2.45, 2.75) is 12.6 Å². The zero-order valence-corrected chi connectivity index (χ0v) is 12.9. The van der Waals surface area contributed by atoms with E-state index in [1.807, 2.05) is 41.1 Å². The number of hydrogen-bond acceptors (Lipinski definition) is 4. The lowest BCUT2D eigenvalue weighted by molar-refractivity contribution is 0.191. The quantitative estimate of drug-likeness (QED) is 0.626. The number of nitrogens with one attached hydrogen (secondary N) is 1. The smallest absolute Gasteiger partial charge is 0.405 e. The Morgan fingerprint density at radius 3 is 2.79 bits per heavy atom. The zero-order chi connectivity index (χ0) is 17.1. The first kappa shape index (κ1) is 15.5. The van der Waals surface area contributed by atoms with Crippen LogP contribution in [0, 0.1) is 0 Å². The van der Waals surface area contributed by atoms with Crippen molar-refractivity contribution in [3.8, 4) is 11.1 Å². The number of nitrogens with two attached hydrogens (primary N) is 1. The van der Waals surface area contributed by atoms with Gasteiger partial charge in [0.2, 0.25) is 0 Å². The standard InChI is InChI=1S/C17H17N5O2/c1-2-12(21-17(23)24)8-22-9-13(11-6-4-3-5-7-11)14-15(18)19-10-20-16(14)22/h2-7,9-10,12,21H,1,8H2,(H,23,24)(H2,18,19,20). The van der Waals surface area contributed by atoms with Crippen LogP contribution in [0.3, 0.4) is 0 Å². The van der Waals surface area contributed by atoms with Gasteiger partial charge < -0.3 is 20.7 Å². The highest BCUT2D eigenvalue weighted by Gasteiger charge is 2.17. The molecule has 1 atom stereocenters. The fourth-order valence-electron chi connectivity index (χ4n) is 2.67. The highest BCUT2D eigenvalue weighted by molar-refractivity contribution is 6.00. The van der Waals surface area contributed by atoms with E-state index in [-0.39, 0.29) is 0 Å². The molecular weight excluding hydrogens is 306 g/mol. The number of nitrogens with zero attached hydrogens (tertiary/aromatic N) is 3. The second kappa shape index (κ2) is 6.41. The molecule has 2 aromatic heterocycles. The Morgan fingerprint density at radius 2 is 2.12 bits per heavy atom. The van der Waals surface area contributed by atoms with Crippen molar-refractivity contribution < 1.29 is 9.90 Å². The van der Waals surface area contributed by atoms with Crippen molar-refractivity contribution in [2.75, 3.05) is 5.73 Å². The Kier molecular flexibility index (Phi) is 4.15. The molecule has 4 N–H and O–H groups in total. The Bertz CT molecular complexity index is 889. The highest BCUT2D eigenvalue weighted by Crippen LogP contribution is 2.32. The number of carbonyl (C=O) groups is 1. The summed E-state index contributed by atoms with van der Waals surface area (Å²) in [6.45, 7) is 4.03. The van der Waals surface area contributed by atoms with Crippen LogP contribution in [0.1, 0.15) is 0 Å². The summed E-state index contributed by atoms with van der Waals surface area (Å²) in [5.74, 6) is 0.388. The average molecular weight is 323 g/mol. The molecule has 2 heterocycles. The van der Waals surface area contributed by atoms with Gasteiger partial charge in [-0.15, -0.1) is 6.58 Å². The van der Waals surface area contributed by atoms with Gasteiger partial charge in [0, 0.05) is 18.3 Å². The Labute approximate surface area is 138 Å². The topological polar surface area (TPSA) is 106 Å². The van der Waals surface area contributed by atoms with Crippen molar-refractivity contribution in [3.05, 3.63) is 55.5 Å². The van der Waals surface area contributed by atoms with Crippen LogP contribution in [-0.4, -0.2) is 31.8 Å². The fourth-order valence-corrected chi connectivity index (χ4v) is 2.67. The Hall–Kier alpha value is -3.35. The lowest BCUT2D eigenvalue weighted by Crippen LogP contribution is -2.35. The molecule has 3 rings (SSSR count). The van der Waals surface area contributed by atoms with Crippen LogP contribution in [0.25, 0.3) is 22.2 Å². The normalized spacial score (nSPS) is 12.0. The molecule has 0 fully saturated rings. The molecule has 0 bridgehead atoms. The summed E-state index contributed by atoms with van der Waals surface area (Å²) in [6, 6.07) is 9.33. The van der Waals surface area contributed by atoms with E-state index in [0.717, 1.165) is 16.5 Å². The number of hydrogen-bond donors (Lipinski definition) is 3. The number of amides is 1. The molecule has 0 spiro atoms. The first-order chi connectivity index (χ1) is 11.6. The van der Waals surface area contributed by atoms with Gasteiger partial charge in [-0.2, -0.15) is 0 Å². The van der Waals surface area contributed by atoms with Crippen molar-refractivity contribution in [1.82, 2.24) is 19.9 Å². The maximum atomic E-state index is 10.9. The van der Waals surface area contributed by atoms with E-state index in [4.69, 9.17) is 10.8 Å². The van der Waals surface area contributed by atoms with Crippen molar-refractivity contribution in [1.29, 1.82) is 0 Å². The third-order valence-electron chi connectivity index (χ3n) is 3.75. The van der Waals surface area contributed by atoms with Crippen molar-refractivity contribution in [2.24, 2.45) is 0 Å². The van der Waals surface area contributed by atoms with Crippen LogP contribution in [0.4, 0.5) is 10.6 Å². The van der Waals surface area contributed by atoms with Crippen molar-refractivity contribution >= 4 is 22.9 Å². The Morgan fingerprint density at radius 1 is 1.38 bits per heavy atom. The van der Waals surface area contributed by atoms with Crippen LogP contribution in [0.2, 0.25) is 0 Å². The SMILES string of the molecule is C=CC(Cn1cc(-c2ccccc2)c2c(N)ncnc21)NC(=O)O. The summed E-state index contributed by atoms with van der Waals surface area (Å²) in [5, 5.41) is 12.1. The molecule has 1 amide bonds. The van der Waals surface area contributed by atoms with Gasteiger partial charge in [-0.25, -0.2) is 14.8 Å². The van der Waals surface area contributed by atoms with Gasteiger partial charge in [0.1, 0.15) is 17.8 Å². The van der Waals surface area contributed by atoms with E-state index >= 15 is 0 Å². The number of anilines is 1. The van der Waals surface area contributed by atoms with E-state index in [1.54, 1.807) is 6.08 Å². The van der Waals surface area contributed by atoms with Crippen LogP contribution in [0.15, 0.2) is 55.5 Å². The number of aromatic nitrogens is 3. The third-order valence-corrected chi connectivity index (χ3v) is 3.75. The first-order valence-electron chi connectivity index (χ1n) is 7.37. The summed E-state index contributed by atoms with van der Waals surface area (Å²) in [4.78, 5) is 19.3. The van der Waals surface area contributed by atoms with Gasteiger partial charge >= 0.3 is 6.09 Å². The summed E-state index contributed by atoms with van der Waals surface area (Å²) in [7, 11) is 0. The van der Waals surface area contributed by atoms with Crippen LogP contribution < -0.4 is 11.1 Å². The summed E-state index contributed by atoms with van der Waals surface area (Å²) in [5.41, 5.74) is 8.60. The molecule has 7 nitrogen and oxygen atoms in total. The van der Waals surface area contributed by atoms with Crippen LogP contribution in [0.5, 0.6) is 0 Å². The molecule has 0 saturated carbocycles. The number of nitrogen functional groups attached to an aromatic ring is 1. The molecule has 0 radical (unpaired) electrons. The number of benzene rings is 1. The summed E-state index contributed by atoms with van der Waals surface area (Å²) >= 11 is 0. The molecule has 0 saturated heterocycles. The lowest BCUT2D eigenvalue weighted by Gasteiger charge is -2.13. The molecule has 7 heteroatoms. The van der Waals surface area contributed by atoms with Gasteiger partial charge in [-0.1, -0.05) is 36.4 Å². The maximum Gasteiger partial charge on any atom is 0.405 e. The number of carboxylic acid groups (broad SMARTS) is 1. The second-order valence-electron chi connectivity index (χ2n) is 5.31. The molecular formula is C17H17N5O2. The third kappa shape index (κ3) is 2.91. The molecule has 0 aliphatic heterocycles. The molecule has 122 valence electrons. The Balaban J connectivity index is 2.11. The molecule has 3 aromatic rings. The van der Waals surface area contributed by atoms with Gasteiger partial charge in [0.25, 0.3) is 0 Å². The highest BCUT2D eigenvalue weighted by atomic mass is 16.4. The minimum absolute atomic E-state index is 0.357. The van der Waals surface area contributed by atoms with Crippen molar-refractivity contribution in [3.63, 3.8) is 0 Å². The second-order valence-corrected chi connectivity index (χ2v) is 5.31. The summed E-state index contributed by atoms with van der Waals surface area (Å²) in [6.07, 6.45) is 3.75. The lowest BCUT2D eigenvalue weighted by atomic mass is 10.1. The van der Waals surface area contributed by atoms with E-state index < -0.39 is 12.1 Å². The van der Waals surface area contributed by atoms with Crippen LogP contribution in [-0.2, 0) is 6.54 Å². The predicted molar refractivity (Wildman–Crippen MR) is 92.5 cm³/mol. The minimum atomic E-state index is -1.10. The molecule has 0 aliphatic carbocycles. The van der Waals surface area contributed by atoms with Gasteiger partial charge in [-0.05, 0) is 5.56 Å². The predicted octanol–water partition coefficient (Wildman–Crippen LogP) is 2.50. The number of fused-ring (bicyclic) bond motifs is 1. The average Bonchev–Trinajstić information content (AvgIpc) is 2.95. The molecule has 1 aromatic carbocycles. The monoisotopic (exact) mass is 323 g/mol. The minimum Gasteiger partial charge on any atom is -0.465 e. The van der Waals surface area contributed by atoms with Gasteiger partial charge in [-0.3, -0.25) is 0 Å². The fraction of sp³-hybridized carbons (Fsp3) is 0.118. The molecule has 24 heavy (non-hydrogen) atoms. The zero-order valence-electron chi connectivity index (χ0n) is 12.9. The largest absolute Gasteiger partial charge is 0.465 e. The van der Waals surface area contributed by atoms with Gasteiger partial charge in [0.15, 0.2) is 0 Å². The van der Waals surface area contributed by atoms with Crippen LogP contribution >= 0.6 is 0 Å². The molecule has 1 unspecified atom stereocenters. The maximum absolute atomic E-state index is 10.9.